The summed E-state index contributed by atoms with van der Waals surface area (Å²) in [5, 5.41) is 3.41. The molecule has 0 radical (unpaired) electrons. The summed E-state index contributed by atoms with van der Waals surface area (Å²) in [6.07, 6.45) is 3.78. The van der Waals surface area contributed by atoms with E-state index in [2.05, 4.69) is 42.3 Å². The lowest BCUT2D eigenvalue weighted by Crippen LogP contribution is -2.06. The average molecular weight is 215 g/mol. The first-order valence-electron chi connectivity index (χ1n) is 5.45. The van der Waals surface area contributed by atoms with E-state index in [1.54, 1.807) is 0 Å². The van der Waals surface area contributed by atoms with Crippen molar-refractivity contribution in [1.29, 1.82) is 0 Å². The molecule has 0 fully saturated rings. The first-order valence-corrected chi connectivity index (χ1v) is 5.45. The van der Waals surface area contributed by atoms with Crippen LogP contribution in [0.3, 0.4) is 0 Å². The molecule has 0 aliphatic heterocycles. The van der Waals surface area contributed by atoms with E-state index in [9.17, 15) is 0 Å². The maximum absolute atomic E-state index is 4.28. The van der Waals surface area contributed by atoms with Gasteiger partial charge in [0.2, 0.25) is 0 Å². The van der Waals surface area contributed by atoms with E-state index in [1.165, 1.54) is 16.8 Å². The van der Waals surface area contributed by atoms with Crippen LogP contribution in [-0.4, -0.2) is 9.55 Å². The van der Waals surface area contributed by atoms with E-state index >= 15 is 0 Å². The van der Waals surface area contributed by atoms with Crippen LogP contribution in [0.2, 0.25) is 0 Å². The molecule has 0 unspecified atom stereocenters. The van der Waals surface area contributed by atoms with Crippen molar-refractivity contribution >= 4 is 5.69 Å². The summed E-state index contributed by atoms with van der Waals surface area (Å²) >= 11 is 0. The number of nitrogens with zero attached hydrogens (tertiary/aromatic N) is 2. The molecule has 1 heterocycles. The van der Waals surface area contributed by atoms with Gasteiger partial charge in [0.15, 0.2) is 0 Å². The first-order chi connectivity index (χ1) is 7.68. The highest BCUT2D eigenvalue weighted by Crippen LogP contribution is 2.18. The SMILES string of the molecule is Cc1cccc(NCc2nccn2C)c1C. The Hall–Kier alpha value is -1.77. The third-order valence-corrected chi connectivity index (χ3v) is 2.96. The lowest BCUT2D eigenvalue weighted by Gasteiger charge is -2.11. The van der Waals surface area contributed by atoms with Crippen molar-refractivity contribution in [3.8, 4) is 0 Å². The van der Waals surface area contributed by atoms with E-state index in [0.29, 0.717) is 0 Å². The van der Waals surface area contributed by atoms with Gasteiger partial charge in [0.25, 0.3) is 0 Å². The second-order valence-electron chi connectivity index (χ2n) is 4.06. The van der Waals surface area contributed by atoms with Crippen molar-refractivity contribution in [2.45, 2.75) is 20.4 Å². The second-order valence-corrected chi connectivity index (χ2v) is 4.06. The number of imidazole rings is 1. The molecule has 3 nitrogen and oxygen atoms in total. The van der Waals surface area contributed by atoms with Gasteiger partial charge in [-0.2, -0.15) is 0 Å². The highest BCUT2D eigenvalue weighted by Gasteiger charge is 2.02. The molecule has 3 heteroatoms. The summed E-state index contributed by atoms with van der Waals surface area (Å²) in [5.74, 6) is 1.04. The average Bonchev–Trinajstić information content (AvgIpc) is 2.67. The van der Waals surface area contributed by atoms with Crippen LogP contribution in [0.1, 0.15) is 17.0 Å². The van der Waals surface area contributed by atoms with Crippen molar-refractivity contribution in [1.82, 2.24) is 9.55 Å². The van der Waals surface area contributed by atoms with Gasteiger partial charge in [0.05, 0.1) is 6.54 Å². The van der Waals surface area contributed by atoms with E-state index < -0.39 is 0 Å². The van der Waals surface area contributed by atoms with Crippen molar-refractivity contribution in [2.75, 3.05) is 5.32 Å². The monoisotopic (exact) mass is 215 g/mol. The molecule has 1 aromatic heterocycles. The second kappa shape index (κ2) is 4.39. The van der Waals surface area contributed by atoms with Crippen molar-refractivity contribution in [2.24, 2.45) is 7.05 Å². The van der Waals surface area contributed by atoms with E-state index in [0.717, 1.165) is 12.4 Å². The quantitative estimate of drug-likeness (QED) is 0.853. The molecule has 2 rings (SSSR count). The minimum atomic E-state index is 0.758. The standard InChI is InChI=1S/C13H17N3/c1-10-5-4-6-12(11(10)2)15-9-13-14-7-8-16(13)3/h4-8,15H,9H2,1-3H3. The van der Waals surface area contributed by atoms with Gasteiger partial charge < -0.3 is 9.88 Å². The number of hydrogen-bond acceptors (Lipinski definition) is 2. The summed E-state index contributed by atoms with van der Waals surface area (Å²) in [5.41, 5.74) is 3.80. The van der Waals surface area contributed by atoms with Gasteiger partial charge in [-0.25, -0.2) is 4.98 Å². The van der Waals surface area contributed by atoms with Crippen LogP contribution in [0, 0.1) is 13.8 Å². The van der Waals surface area contributed by atoms with E-state index in [-0.39, 0.29) is 0 Å². The van der Waals surface area contributed by atoms with Crippen LogP contribution in [-0.2, 0) is 13.6 Å². The Kier molecular flexibility index (Phi) is 2.95. The molecule has 0 saturated heterocycles. The molecule has 0 bridgehead atoms. The van der Waals surface area contributed by atoms with E-state index in [4.69, 9.17) is 0 Å². The van der Waals surface area contributed by atoms with Gasteiger partial charge in [-0.15, -0.1) is 0 Å². The Labute approximate surface area is 96.1 Å². The zero-order valence-electron chi connectivity index (χ0n) is 9.99. The highest BCUT2D eigenvalue weighted by atomic mass is 15.1. The number of benzene rings is 1. The lowest BCUT2D eigenvalue weighted by atomic mass is 10.1. The van der Waals surface area contributed by atoms with Gasteiger partial charge in [-0.05, 0) is 31.0 Å². The maximum Gasteiger partial charge on any atom is 0.127 e. The number of aromatic nitrogens is 2. The number of hydrogen-bond donors (Lipinski definition) is 1. The van der Waals surface area contributed by atoms with Gasteiger partial charge in [0.1, 0.15) is 5.82 Å². The third-order valence-electron chi connectivity index (χ3n) is 2.96. The topological polar surface area (TPSA) is 29.9 Å². The molecule has 1 N–H and O–H groups in total. The maximum atomic E-state index is 4.28. The van der Waals surface area contributed by atoms with Crippen molar-refractivity contribution in [3.05, 3.63) is 47.5 Å². The molecule has 84 valence electrons. The number of nitrogens with one attached hydrogen (secondary N) is 1. The summed E-state index contributed by atoms with van der Waals surface area (Å²) in [6.45, 7) is 5.02. The lowest BCUT2D eigenvalue weighted by molar-refractivity contribution is 0.812. The Bertz CT molecular complexity index is 486. The van der Waals surface area contributed by atoms with Gasteiger partial charge >= 0.3 is 0 Å². The Morgan fingerprint density at radius 3 is 2.81 bits per heavy atom. The number of aryl methyl sites for hydroxylation is 2. The molecule has 2 aromatic rings. The van der Waals surface area contributed by atoms with Gasteiger partial charge in [-0.3, -0.25) is 0 Å². The molecule has 1 aromatic carbocycles. The molecule has 0 aliphatic carbocycles. The Morgan fingerprint density at radius 2 is 2.12 bits per heavy atom. The largest absolute Gasteiger partial charge is 0.378 e. The van der Waals surface area contributed by atoms with Gasteiger partial charge in [0, 0.05) is 25.1 Å². The summed E-state index contributed by atoms with van der Waals surface area (Å²) in [4.78, 5) is 4.28. The molecular weight excluding hydrogens is 198 g/mol. The fourth-order valence-electron chi connectivity index (χ4n) is 1.68. The Balaban J connectivity index is 2.11. The molecule has 0 aliphatic rings. The predicted molar refractivity (Wildman–Crippen MR) is 66.5 cm³/mol. The van der Waals surface area contributed by atoms with E-state index in [1.807, 2.05) is 24.0 Å². The predicted octanol–water partition coefficient (Wildman–Crippen LogP) is 2.65. The van der Waals surface area contributed by atoms with Crippen LogP contribution in [0.25, 0.3) is 0 Å². The molecular formula is C13H17N3. The summed E-state index contributed by atoms with van der Waals surface area (Å²) in [7, 11) is 2.01. The van der Waals surface area contributed by atoms with Crippen LogP contribution >= 0.6 is 0 Å². The van der Waals surface area contributed by atoms with Crippen LogP contribution < -0.4 is 5.32 Å². The van der Waals surface area contributed by atoms with Crippen molar-refractivity contribution < 1.29 is 0 Å². The number of anilines is 1. The normalized spacial score (nSPS) is 10.4. The molecule has 0 amide bonds. The first kappa shape index (κ1) is 10.7. The molecule has 0 atom stereocenters. The fraction of sp³-hybridized carbons (Fsp3) is 0.308. The van der Waals surface area contributed by atoms with Crippen LogP contribution in [0.5, 0.6) is 0 Å². The minimum absolute atomic E-state index is 0.758. The fourth-order valence-corrected chi connectivity index (χ4v) is 1.68. The molecule has 16 heavy (non-hydrogen) atoms. The van der Waals surface area contributed by atoms with Crippen LogP contribution in [0.4, 0.5) is 5.69 Å². The highest BCUT2D eigenvalue weighted by molar-refractivity contribution is 5.53. The Morgan fingerprint density at radius 1 is 1.31 bits per heavy atom. The zero-order valence-corrected chi connectivity index (χ0v) is 9.99. The van der Waals surface area contributed by atoms with Crippen LogP contribution in [0.15, 0.2) is 30.6 Å². The molecule has 0 saturated carbocycles. The minimum Gasteiger partial charge on any atom is -0.378 e. The summed E-state index contributed by atoms with van der Waals surface area (Å²) < 4.78 is 2.03. The summed E-state index contributed by atoms with van der Waals surface area (Å²) in [6, 6.07) is 6.30. The zero-order chi connectivity index (χ0) is 11.5. The number of rotatable bonds is 3. The smallest absolute Gasteiger partial charge is 0.127 e. The van der Waals surface area contributed by atoms with Gasteiger partial charge in [-0.1, -0.05) is 12.1 Å². The third kappa shape index (κ3) is 2.08. The van der Waals surface area contributed by atoms with Crippen molar-refractivity contribution in [3.63, 3.8) is 0 Å². The molecule has 0 spiro atoms.